The van der Waals surface area contributed by atoms with Crippen LogP contribution in [0.25, 0.3) is 0 Å². The molecule has 1 fully saturated rings. The van der Waals surface area contributed by atoms with E-state index >= 15 is 0 Å². The number of rotatable bonds is 2. The van der Waals surface area contributed by atoms with E-state index in [0.717, 1.165) is 18.5 Å². The number of fused-ring (bicyclic) bond motifs is 1. The number of nitrogens with zero attached hydrogens (tertiary/aromatic N) is 1. The molecule has 3 rings (SSSR count). The summed E-state index contributed by atoms with van der Waals surface area (Å²) in [6.07, 6.45) is 5.57. The van der Waals surface area contributed by atoms with E-state index in [9.17, 15) is 9.59 Å². The summed E-state index contributed by atoms with van der Waals surface area (Å²) in [7, 11) is 0. The number of carboxylic acid groups (broad SMARTS) is 1. The molecule has 1 heterocycles. The Morgan fingerprint density at radius 3 is 2.59 bits per heavy atom. The number of likely N-dealkylation sites (tertiary alicyclic amines) is 1. The molecule has 2 amide bonds. The van der Waals surface area contributed by atoms with E-state index in [0.29, 0.717) is 25.9 Å². The van der Waals surface area contributed by atoms with Crippen LogP contribution in [0.15, 0.2) is 18.2 Å². The van der Waals surface area contributed by atoms with E-state index in [2.05, 4.69) is 11.4 Å². The highest BCUT2D eigenvalue weighted by atomic mass is 16.4. The fourth-order valence-electron chi connectivity index (χ4n) is 3.42. The Morgan fingerprint density at radius 1 is 1.14 bits per heavy atom. The Morgan fingerprint density at radius 2 is 1.86 bits per heavy atom. The highest BCUT2D eigenvalue weighted by Gasteiger charge is 2.27. The van der Waals surface area contributed by atoms with E-state index in [1.807, 2.05) is 12.1 Å². The van der Waals surface area contributed by atoms with Crippen LogP contribution in [0, 0.1) is 5.92 Å². The zero-order valence-corrected chi connectivity index (χ0v) is 12.7. The minimum absolute atomic E-state index is 0.109. The number of amides is 2. The molecule has 0 radical (unpaired) electrons. The molecule has 5 nitrogen and oxygen atoms in total. The van der Waals surface area contributed by atoms with E-state index in [1.165, 1.54) is 24.0 Å². The van der Waals surface area contributed by atoms with Crippen LogP contribution in [-0.2, 0) is 17.6 Å². The smallest absolute Gasteiger partial charge is 0.321 e. The second-order valence-corrected chi connectivity index (χ2v) is 6.18. The first-order valence-corrected chi connectivity index (χ1v) is 8.04. The van der Waals surface area contributed by atoms with Crippen molar-refractivity contribution >= 4 is 17.7 Å². The van der Waals surface area contributed by atoms with Gasteiger partial charge in [0.1, 0.15) is 0 Å². The number of aryl methyl sites for hydroxylation is 1. The molecular weight excluding hydrogens is 280 g/mol. The molecule has 2 aliphatic rings. The predicted molar refractivity (Wildman–Crippen MR) is 84.0 cm³/mol. The van der Waals surface area contributed by atoms with Gasteiger partial charge in [-0.15, -0.1) is 0 Å². The Hall–Kier alpha value is -2.04. The number of benzene rings is 1. The van der Waals surface area contributed by atoms with Crippen molar-refractivity contribution in [2.24, 2.45) is 5.92 Å². The molecule has 0 saturated carbocycles. The summed E-state index contributed by atoms with van der Waals surface area (Å²) in [5, 5.41) is 12.0. The fraction of sp³-hybridized carbons (Fsp3) is 0.529. The third-order valence-electron chi connectivity index (χ3n) is 4.77. The van der Waals surface area contributed by atoms with Crippen molar-refractivity contribution in [1.82, 2.24) is 4.90 Å². The first kappa shape index (κ1) is 14.9. The minimum Gasteiger partial charge on any atom is -0.481 e. The van der Waals surface area contributed by atoms with Gasteiger partial charge < -0.3 is 15.3 Å². The maximum absolute atomic E-state index is 12.4. The maximum atomic E-state index is 12.4. The number of hydrogen-bond acceptors (Lipinski definition) is 2. The van der Waals surface area contributed by atoms with Crippen LogP contribution in [0.5, 0.6) is 0 Å². The number of carbonyl (C=O) groups is 2. The molecule has 1 aliphatic heterocycles. The van der Waals surface area contributed by atoms with Crippen molar-refractivity contribution in [3.05, 3.63) is 29.3 Å². The molecule has 0 unspecified atom stereocenters. The van der Waals surface area contributed by atoms with Gasteiger partial charge in [0, 0.05) is 18.8 Å². The Bertz CT molecular complexity index is 577. The second kappa shape index (κ2) is 6.38. The van der Waals surface area contributed by atoms with Crippen molar-refractivity contribution in [2.45, 2.75) is 38.5 Å². The molecule has 0 aromatic heterocycles. The summed E-state index contributed by atoms with van der Waals surface area (Å²) in [4.78, 5) is 25.1. The number of anilines is 1. The SMILES string of the molecule is O=C(O)C1CCN(C(=O)Nc2cccc3c2CCCC3)CC1. The summed E-state index contributed by atoms with van der Waals surface area (Å²) < 4.78 is 0. The Labute approximate surface area is 130 Å². The minimum atomic E-state index is -0.753. The largest absolute Gasteiger partial charge is 0.481 e. The van der Waals surface area contributed by atoms with E-state index in [4.69, 9.17) is 5.11 Å². The van der Waals surface area contributed by atoms with Crippen LogP contribution in [0.2, 0.25) is 0 Å². The highest BCUT2D eigenvalue weighted by Crippen LogP contribution is 2.28. The van der Waals surface area contributed by atoms with Crippen LogP contribution in [0.3, 0.4) is 0 Å². The standard InChI is InChI=1S/C17H22N2O3/c20-16(21)13-8-10-19(11-9-13)17(22)18-15-7-3-5-12-4-1-2-6-14(12)15/h3,5,7,13H,1-2,4,6,8-11H2,(H,18,22)(H,20,21). The predicted octanol–water partition coefficient (Wildman–Crippen LogP) is 2.89. The van der Waals surface area contributed by atoms with Crippen LogP contribution < -0.4 is 5.32 Å². The zero-order chi connectivity index (χ0) is 15.5. The van der Waals surface area contributed by atoms with Crippen molar-refractivity contribution in [3.8, 4) is 0 Å². The Kier molecular flexibility index (Phi) is 4.32. The number of nitrogens with one attached hydrogen (secondary N) is 1. The molecular formula is C17H22N2O3. The average Bonchev–Trinajstić information content (AvgIpc) is 2.55. The van der Waals surface area contributed by atoms with Gasteiger partial charge in [0.15, 0.2) is 0 Å². The summed E-state index contributed by atoms with van der Waals surface area (Å²) in [5.41, 5.74) is 3.53. The van der Waals surface area contributed by atoms with Crippen molar-refractivity contribution < 1.29 is 14.7 Å². The number of hydrogen-bond donors (Lipinski definition) is 2. The molecule has 0 atom stereocenters. The molecule has 5 heteroatoms. The zero-order valence-electron chi connectivity index (χ0n) is 12.7. The van der Waals surface area contributed by atoms with E-state index < -0.39 is 5.97 Å². The van der Waals surface area contributed by atoms with Crippen molar-refractivity contribution in [3.63, 3.8) is 0 Å². The molecule has 1 aromatic carbocycles. The summed E-state index contributed by atoms with van der Waals surface area (Å²) in [5.74, 6) is -1.06. The highest BCUT2D eigenvalue weighted by molar-refractivity contribution is 5.90. The van der Waals surface area contributed by atoms with Crippen molar-refractivity contribution in [1.29, 1.82) is 0 Å². The topological polar surface area (TPSA) is 69.6 Å². The number of carboxylic acids is 1. The van der Waals surface area contributed by atoms with Gasteiger partial charge in [-0.05, 0) is 55.7 Å². The van der Waals surface area contributed by atoms with Gasteiger partial charge in [0.2, 0.25) is 0 Å². The first-order valence-electron chi connectivity index (χ1n) is 8.04. The molecule has 22 heavy (non-hydrogen) atoms. The number of carbonyl (C=O) groups excluding carboxylic acids is 1. The van der Waals surface area contributed by atoms with Crippen LogP contribution in [-0.4, -0.2) is 35.1 Å². The first-order chi connectivity index (χ1) is 10.6. The summed E-state index contributed by atoms with van der Waals surface area (Å²) >= 11 is 0. The molecule has 118 valence electrons. The fourth-order valence-corrected chi connectivity index (χ4v) is 3.42. The van der Waals surface area contributed by atoms with Gasteiger partial charge in [-0.1, -0.05) is 12.1 Å². The lowest BCUT2D eigenvalue weighted by Gasteiger charge is -2.30. The van der Waals surface area contributed by atoms with E-state index in [-0.39, 0.29) is 11.9 Å². The molecule has 0 bridgehead atoms. The second-order valence-electron chi connectivity index (χ2n) is 6.18. The van der Waals surface area contributed by atoms with Gasteiger partial charge in [0.05, 0.1) is 5.92 Å². The average molecular weight is 302 g/mol. The maximum Gasteiger partial charge on any atom is 0.321 e. The quantitative estimate of drug-likeness (QED) is 0.882. The lowest BCUT2D eigenvalue weighted by atomic mass is 9.90. The lowest BCUT2D eigenvalue weighted by molar-refractivity contribution is -0.143. The van der Waals surface area contributed by atoms with Gasteiger partial charge >= 0.3 is 12.0 Å². The molecule has 1 saturated heterocycles. The Balaban J connectivity index is 1.64. The van der Waals surface area contributed by atoms with Crippen LogP contribution in [0.4, 0.5) is 10.5 Å². The molecule has 1 aliphatic carbocycles. The molecule has 1 aromatic rings. The number of piperidine rings is 1. The van der Waals surface area contributed by atoms with Crippen molar-refractivity contribution in [2.75, 3.05) is 18.4 Å². The molecule has 2 N–H and O–H groups in total. The lowest BCUT2D eigenvalue weighted by Crippen LogP contribution is -2.42. The normalized spacial score (nSPS) is 18.6. The summed E-state index contributed by atoms with van der Waals surface area (Å²) in [6.45, 7) is 1.02. The third kappa shape index (κ3) is 3.08. The van der Waals surface area contributed by atoms with Gasteiger partial charge in [-0.2, -0.15) is 0 Å². The van der Waals surface area contributed by atoms with E-state index in [1.54, 1.807) is 4.90 Å². The number of aliphatic carboxylic acids is 1. The van der Waals surface area contributed by atoms with Gasteiger partial charge in [-0.25, -0.2) is 4.79 Å². The van der Waals surface area contributed by atoms with Crippen LogP contribution in [0.1, 0.15) is 36.8 Å². The molecule has 0 spiro atoms. The van der Waals surface area contributed by atoms with Gasteiger partial charge in [-0.3, -0.25) is 4.79 Å². The van der Waals surface area contributed by atoms with Crippen LogP contribution >= 0.6 is 0 Å². The monoisotopic (exact) mass is 302 g/mol. The summed E-state index contributed by atoms with van der Waals surface area (Å²) in [6, 6.07) is 5.99. The van der Waals surface area contributed by atoms with Gasteiger partial charge in [0.25, 0.3) is 0 Å². The number of urea groups is 1. The third-order valence-corrected chi connectivity index (χ3v) is 4.77.